The van der Waals surface area contributed by atoms with Gasteiger partial charge in [0.25, 0.3) is 5.56 Å². The second-order valence-electron chi connectivity index (χ2n) is 7.79. The minimum absolute atomic E-state index is 0.0493. The molecule has 0 saturated heterocycles. The van der Waals surface area contributed by atoms with Crippen LogP contribution in [0.15, 0.2) is 53.6 Å². The lowest BCUT2D eigenvalue weighted by atomic mass is 10.1. The summed E-state index contributed by atoms with van der Waals surface area (Å²) in [5, 5.41) is 5.36. The molecule has 3 heterocycles. The average Bonchev–Trinajstić information content (AvgIpc) is 2.88. The number of pyridine rings is 1. The number of hydrogen-bond acceptors (Lipinski definition) is 3. The lowest BCUT2D eigenvalue weighted by Gasteiger charge is -2.18. The highest BCUT2D eigenvalue weighted by Crippen LogP contribution is 2.29. The van der Waals surface area contributed by atoms with Gasteiger partial charge >= 0.3 is 0 Å². The smallest absolute Gasteiger partial charge is 0.261 e. The van der Waals surface area contributed by atoms with Gasteiger partial charge < -0.3 is 4.57 Å². The fraction of sp³-hybridized carbons (Fsp3) is 0.348. The molecule has 0 spiro atoms. The molecule has 28 heavy (non-hydrogen) atoms. The van der Waals surface area contributed by atoms with Crippen LogP contribution in [-0.2, 0) is 0 Å². The van der Waals surface area contributed by atoms with Crippen molar-refractivity contribution in [2.45, 2.75) is 51.5 Å². The second kappa shape index (κ2) is 6.89. The predicted molar refractivity (Wildman–Crippen MR) is 112 cm³/mol. The van der Waals surface area contributed by atoms with E-state index >= 15 is 0 Å². The van der Waals surface area contributed by atoms with E-state index in [1.54, 1.807) is 6.20 Å². The quantitative estimate of drug-likeness (QED) is 0.470. The Morgan fingerprint density at radius 3 is 2.50 bits per heavy atom. The minimum Gasteiger partial charge on any atom is -0.312 e. The molecule has 0 amide bonds. The van der Waals surface area contributed by atoms with E-state index in [4.69, 9.17) is 5.10 Å². The molecule has 0 aliphatic heterocycles. The van der Waals surface area contributed by atoms with Gasteiger partial charge in [-0.1, -0.05) is 56.0 Å². The minimum atomic E-state index is 0.0493. The van der Waals surface area contributed by atoms with Gasteiger partial charge in [-0.15, -0.1) is 0 Å². The zero-order valence-corrected chi connectivity index (χ0v) is 16.1. The summed E-state index contributed by atoms with van der Waals surface area (Å²) >= 11 is 0. The molecule has 1 aliphatic rings. The standard InChI is InChI=1S/C23H24N4O/c1-16-21(17-9-5-4-6-10-17)22-24-15-19-20(27(22)25-16)13-14-26(23(19)28)18-11-7-2-3-8-12-18/h4-6,9-10,13-15,18H,2-3,7-8,11-12H2,1H3. The second-order valence-corrected chi connectivity index (χ2v) is 7.79. The van der Waals surface area contributed by atoms with Crippen LogP contribution < -0.4 is 5.56 Å². The first-order valence-electron chi connectivity index (χ1n) is 10.2. The van der Waals surface area contributed by atoms with Crippen molar-refractivity contribution in [1.82, 2.24) is 19.2 Å². The molecule has 4 aromatic rings. The van der Waals surface area contributed by atoms with Crippen molar-refractivity contribution in [2.75, 3.05) is 0 Å². The fourth-order valence-electron chi connectivity index (χ4n) is 4.56. The van der Waals surface area contributed by atoms with Crippen LogP contribution in [0.5, 0.6) is 0 Å². The van der Waals surface area contributed by atoms with E-state index in [1.165, 1.54) is 25.7 Å². The third-order valence-electron chi connectivity index (χ3n) is 5.99. The summed E-state index contributed by atoms with van der Waals surface area (Å²) in [6.45, 7) is 2.00. The maximum atomic E-state index is 13.2. The Balaban J connectivity index is 1.69. The molecule has 5 heteroatoms. The van der Waals surface area contributed by atoms with Crippen LogP contribution in [0.2, 0.25) is 0 Å². The molecule has 0 unspecified atom stereocenters. The lowest BCUT2D eigenvalue weighted by molar-refractivity contribution is 0.434. The summed E-state index contributed by atoms with van der Waals surface area (Å²) in [5.74, 6) is 0. The SMILES string of the molecule is Cc1nn2c(ncc3c(=O)n(C4CCCCCC4)ccc32)c1-c1ccccc1. The largest absolute Gasteiger partial charge is 0.312 e. The van der Waals surface area contributed by atoms with Crippen molar-refractivity contribution >= 4 is 16.6 Å². The number of benzene rings is 1. The number of rotatable bonds is 2. The molecule has 1 fully saturated rings. The van der Waals surface area contributed by atoms with Gasteiger partial charge in [0.05, 0.1) is 16.6 Å². The molecule has 0 N–H and O–H groups in total. The summed E-state index contributed by atoms with van der Waals surface area (Å²) in [5.41, 5.74) is 4.70. The first-order valence-corrected chi connectivity index (χ1v) is 10.2. The maximum Gasteiger partial charge on any atom is 0.261 e. The molecule has 1 aliphatic carbocycles. The molecule has 3 aromatic heterocycles. The van der Waals surface area contributed by atoms with Gasteiger partial charge in [0.15, 0.2) is 5.65 Å². The third-order valence-corrected chi connectivity index (χ3v) is 5.99. The topological polar surface area (TPSA) is 52.2 Å². The molecule has 1 saturated carbocycles. The molecule has 0 radical (unpaired) electrons. The van der Waals surface area contributed by atoms with E-state index < -0.39 is 0 Å². The van der Waals surface area contributed by atoms with Crippen LogP contribution in [0.4, 0.5) is 0 Å². The highest BCUT2D eigenvalue weighted by atomic mass is 16.1. The molecule has 1 aromatic carbocycles. The lowest BCUT2D eigenvalue weighted by Crippen LogP contribution is -2.24. The third kappa shape index (κ3) is 2.73. The molecule has 0 bridgehead atoms. The van der Waals surface area contributed by atoms with Gasteiger partial charge in [0, 0.05) is 24.0 Å². The molecule has 0 atom stereocenters. The van der Waals surface area contributed by atoms with Crippen molar-refractivity contribution in [3.63, 3.8) is 0 Å². The highest BCUT2D eigenvalue weighted by molar-refractivity contribution is 5.86. The van der Waals surface area contributed by atoms with Crippen LogP contribution in [0.1, 0.15) is 50.3 Å². The Hall–Kier alpha value is -2.95. The Labute approximate surface area is 163 Å². The van der Waals surface area contributed by atoms with Gasteiger partial charge in [0.1, 0.15) is 0 Å². The summed E-state index contributed by atoms with van der Waals surface area (Å²) in [7, 11) is 0. The summed E-state index contributed by atoms with van der Waals surface area (Å²) in [4.78, 5) is 17.9. The summed E-state index contributed by atoms with van der Waals surface area (Å²) < 4.78 is 3.75. The Kier molecular flexibility index (Phi) is 4.23. The fourth-order valence-corrected chi connectivity index (χ4v) is 4.56. The van der Waals surface area contributed by atoms with Gasteiger partial charge in [-0.25, -0.2) is 9.50 Å². The molecular formula is C23H24N4O. The van der Waals surface area contributed by atoms with Crippen molar-refractivity contribution in [3.8, 4) is 11.1 Å². The first-order chi connectivity index (χ1) is 13.7. The van der Waals surface area contributed by atoms with Gasteiger partial charge in [-0.3, -0.25) is 4.79 Å². The Morgan fingerprint density at radius 1 is 1.00 bits per heavy atom. The van der Waals surface area contributed by atoms with Crippen molar-refractivity contribution in [3.05, 3.63) is 64.8 Å². The number of aromatic nitrogens is 4. The number of aryl methyl sites for hydroxylation is 1. The predicted octanol–water partition coefficient (Wildman–Crippen LogP) is 4.91. The number of hydrogen-bond donors (Lipinski definition) is 0. The number of nitrogens with zero attached hydrogens (tertiary/aromatic N) is 4. The van der Waals surface area contributed by atoms with E-state index in [0.29, 0.717) is 11.4 Å². The van der Waals surface area contributed by atoms with Gasteiger partial charge in [0.2, 0.25) is 0 Å². The van der Waals surface area contributed by atoms with Crippen LogP contribution in [0.3, 0.4) is 0 Å². The van der Waals surface area contributed by atoms with Crippen LogP contribution in [0, 0.1) is 6.92 Å². The average molecular weight is 372 g/mol. The Morgan fingerprint density at radius 2 is 1.75 bits per heavy atom. The van der Waals surface area contributed by atoms with E-state index in [9.17, 15) is 4.79 Å². The van der Waals surface area contributed by atoms with Crippen LogP contribution >= 0.6 is 0 Å². The molecular weight excluding hydrogens is 348 g/mol. The highest BCUT2D eigenvalue weighted by Gasteiger charge is 2.19. The molecule has 5 rings (SSSR count). The van der Waals surface area contributed by atoms with Gasteiger partial charge in [-0.2, -0.15) is 5.10 Å². The summed E-state index contributed by atoms with van der Waals surface area (Å²) in [6.07, 6.45) is 10.8. The van der Waals surface area contributed by atoms with Gasteiger partial charge in [-0.05, 0) is 31.4 Å². The molecule has 5 nitrogen and oxygen atoms in total. The monoisotopic (exact) mass is 372 g/mol. The summed E-state index contributed by atoms with van der Waals surface area (Å²) in [6, 6.07) is 12.5. The number of fused-ring (bicyclic) bond motifs is 3. The van der Waals surface area contributed by atoms with E-state index in [-0.39, 0.29) is 5.56 Å². The maximum absolute atomic E-state index is 13.2. The van der Waals surface area contributed by atoms with Crippen LogP contribution in [-0.4, -0.2) is 19.2 Å². The Bertz CT molecular complexity index is 1200. The normalized spacial score (nSPS) is 15.9. The zero-order chi connectivity index (χ0) is 19.1. The van der Waals surface area contributed by atoms with E-state index in [1.807, 2.05) is 46.5 Å². The van der Waals surface area contributed by atoms with E-state index in [0.717, 1.165) is 40.8 Å². The molecule has 142 valence electrons. The van der Waals surface area contributed by atoms with Crippen molar-refractivity contribution in [2.24, 2.45) is 0 Å². The zero-order valence-electron chi connectivity index (χ0n) is 16.1. The van der Waals surface area contributed by atoms with E-state index in [2.05, 4.69) is 17.1 Å². The van der Waals surface area contributed by atoms with Crippen molar-refractivity contribution < 1.29 is 0 Å². The van der Waals surface area contributed by atoms with Crippen LogP contribution in [0.25, 0.3) is 27.7 Å². The first kappa shape index (κ1) is 17.2. The van der Waals surface area contributed by atoms with Crippen molar-refractivity contribution in [1.29, 1.82) is 0 Å².